The Morgan fingerprint density at radius 1 is 1.24 bits per heavy atom. The second kappa shape index (κ2) is 5.48. The van der Waals surface area contributed by atoms with Crippen LogP contribution < -0.4 is 11.1 Å². The number of hydrogen-bond donors (Lipinski definition) is 2. The molecule has 0 aromatic heterocycles. The van der Waals surface area contributed by atoms with Gasteiger partial charge in [0.05, 0.1) is 0 Å². The van der Waals surface area contributed by atoms with Gasteiger partial charge < -0.3 is 16.0 Å². The molecule has 2 aliphatic heterocycles. The van der Waals surface area contributed by atoms with Crippen molar-refractivity contribution in [2.75, 3.05) is 19.6 Å². The zero-order valence-corrected chi connectivity index (χ0v) is 12.1. The van der Waals surface area contributed by atoms with Gasteiger partial charge in [-0.05, 0) is 49.0 Å². The monoisotopic (exact) mass is 287 g/mol. The lowest BCUT2D eigenvalue weighted by Gasteiger charge is -2.33. The van der Waals surface area contributed by atoms with Gasteiger partial charge in [0.15, 0.2) is 0 Å². The number of primary amides is 1. The van der Waals surface area contributed by atoms with Crippen molar-refractivity contribution in [3.63, 3.8) is 0 Å². The Morgan fingerprint density at radius 3 is 2.52 bits per heavy atom. The Morgan fingerprint density at radius 2 is 1.90 bits per heavy atom. The van der Waals surface area contributed by atoms with Gasteiger partial charge in [-0.15, -0.1) is 0 Å². The van der Waals surface area contributed by atoms with E-state index < -0.39 is 5.91 Å². The number of nitrogens with zero attached hydrogens (tertiary/aromatic N) is 1. The van der Waals surface area contributed by atoms with Crippen LogP contribution in [0.25, 0.3) is 0 Å². The molecule has 1 aromatic carbocycles. The summed E-state index contributed by atoms with van der Waals surface area (Å²) in [5, 5.41) is 3.36. The van der Waals surface area contributed by atoms with Crippen LogP contribution >= 0.6 is 0 Å². The average molecular weight is 287 g/mol. The molecule has 21 heavy (non-hydrogen) atoms. The maximum Gasteiger partial charge on any atom is 0.248 e. The van der Waals surface area contributed by atoms with Gasteiger partial charge in [-0.3, -0.25) is 9.59 Å². The van der Waals surface area contributed by atoms with Gasteiger partial charge in [0.1, 0.15) is 0 Å². The highest BCUT2D eigenvalue weighted by Gasteiger charge is 2.43. The third-order valence-corrected chi connectivity index (χ3v) is 4.68. The van der Waals surface area contributed by atoms with Crippen LogP contribution in [0.5, 0.6) is 0 Å². The largest absolute Gasteiger partial charge is 0.366 e. The van der Waals surface area contributed by atoms with Gasteiger partial charge in [0.25, 0.3) is 0 Å². The standard InChI is InChI=1S/C16H21N3O2/c17-15(21)13-3-1-12(2-4-13)10-19-11-16(9-14(19)20)5-7-18-8-6-16/h1-4,18H,5-11H2,(H2,17,21). The van der Waals surface area contributed by atoms with Crippen molar-refractivity contribution in [3.8, 4) is 0 Å². The van der Waals surface area contributed by atoms with Crippen LogP contribution in [-0.2, 0) is 11.3 Å². The van der Waals surface area contributed by atoms with E-state index in [2.05, 4.69) is 5.32 Å². The molecule has 5 nitrogen and oxygen atoms in total. The predicted octanol–water partition coefficient (Wildman–Crippen LogP) is 0.888. The number of rotatable bonds is 3. The molecule has 2 saturated heterocycles. The SMILES string of the molecule is NC(=O)c1ccc(CN2CC3(CCNCC3)CC2=O)cc1. The quantitative estimate of drug-likeness (QED) is 0.867. The number of likely N-dealkylation sites (tertiary alicyclic amines) is 1. The highest BCUT2D eigenvalue weighted by molar-refractivity contribution is 5.92. The molecule has 0 atom stereocenters. The average Bonchev–Trinajstić information content (AvgIpc) is 2.76. The highest BCUT2D eigenvalue weighted by Crippen LogP contribution is 2.39. The van der Waals surface area contributed by atoms with E-state index in [-0.39, 0.29) is 11.3 Å². The van der Waals surface area contributed by atoms with Crippen LogP contribution in [0.3, 0.4) is 0 Å². The predicted molar refractivity (Wildman–Crippen MR) is 79.5 cm³/mol. The Balaban J connectivity index is 1.67. The van der Waals surface area contributed by atoms with Gasteiger partial charge >= 0.3 is 0 Å². The first-order valence-corrected chi connectivity index (χ1v) is 7.45. The first kappa shape index (κ1) is 14.1. The van der Waals surface area contributed by atoms with Crippen molar-refractivity contribution in [3.05, 3.63) is 35.4 Å². The van der Waals surface area contributed by atoms with Crippen molar-refractivity contribution < 1.29 is 9.59 Å². The number of hydrogen-bond acceptors (Lipinski definition) is 3. The summed E-state index contributed by atoms with van der Waals surface area (Å²) in [6.45, 7) is 3.49. The molecular formula is C16H21N3O2. The second-order valence-corrected chi connectivity index (χ2v) is 6.24. The summed E-state index contributed by atoms with van der Waals surface area (Å²) >= 11 is 0. The second-order valence-electron chi connectivity index (χ2n) is 6.24. The fraction of sp³-hybridized carbons (Fsp3) is 0.500. The van der Waals surface area contributed by atoms with E-state index in [1.165, 1.54) is 0 Å². The third-order valence-electron chi connectivity index (χ3n) is 4.68. The third kappa shape index (κ3) is 2.93. The van der Waals surface area contributed by atoms with Crippen molar-refractivity contribution in [2.24, 2.45) is 11.1 Å². The minimum atomic E-state index is -0.424. The molecule has 2 fully saturated rings. The number of nitrogens with one attached hydrogen (secondary N) is 1. The maximum absolute atomic E-state index is 12.3. The lowest BCUT2D eigenvalue weighted by atomic mass is 9.78. The fourth-order valence-electron chi connectivity index (χ4n) is 3.41. The van der Waals surface area contributed by atoms with Crippen molar-refractivity contribution in [1.29, 1.82) is 0 Å². The summed E-state index contributed by atoms with van der Waals surface area (Å²) in [6, 6.07) is 7.19. The van der Waals surface area contributed by atoms with E-state index in [1.807, 2.05) is 17.0 Å². The molecule has 2 aliphatic rings. The highest BCUT2D eigenvalue weighted by atomic mass is 16.2. The zero-order valence-electron chi connectivity index (χ0n) is 12.1. The smallest absolute Gasteiger partial charge is 0.248 e. The molecule has 3 rings (SSSR count). The summed E-state index contributed by atoms with van der Waals surface area (Å²) in [7, 11) is 0. The van der Waals surface area contributed by atoms with Gasteiger partial charge in [-0.1, -0.05) is 12.1 Å². The first-order valence-electron chi connectivity index (χ1n) is 7.45. The summed E-state index contributed by atoms with van der Waals surface area (Å²) < 4.78 is 0. The maximum atomic E-state index is 12.3. The van der Waals surface area contributed by atoms with Crippen molar-refractivity contribution >= 4 is 11.8 Å². The lowest BCUT2D eigenvalue weighted by molar-refractivity contribution is -0.128. The van der Waals surface area contributed by atoms with Gasteiger partial charge in [0, 0.05) is 25.1 Å². The molecule has 0 radical (unpaired) electrons. The van der Waals surface area contributed by atoms with Gasteiger partial charge in [0.2, 0.25) is 11.8 Å². The number of amides is 2. The summed E-state index contributed by atoms with van der Waals surface area (Å²) in [4.78, 5) is 25.3. The normalized spacial score (nSPS) is 21.0. The molecule has 1 aromatic rings. The van der Waals surface area contributed by atoms with E-state index in [1.54, 1.807) is 12.1 Å². The summed E-state index contributed by atoms with van der Waals surface area (Å²) in [5.41, 5.74) is 6.95. The minimum absolute atomic E-state index is 0.176. The van der Waals surface area contributed by atoms with Crippen molar-refractivity contribution in [1.82, 2.24) is 10.2 Å². The molecule has 1 spiro atoms. The summed E-state index contributed by atoms with van der Waals surface area (Å²) in [6.07, 6.45) is 2.83. The Kier molecular flexibility index (Phi) is 3.68. The molecule has 112 valence electrons. The lowest BCUT2D eigenvalue weighted by Crippen LogP contribution is -2.38. The van der Waals surface area contributed by atoms with E-state index in [0.29, 0.717) is 18.5 Å². The first-order chi connectivity index (χ1) is 10.1. The molecule has 0 aliphatic carbocycles. The number of benzene rings is 1. The van der Waals surface area contributed by atoms with Crippen molar-refractivity contribution in [2.45, 2.75) is 25.8 Å². The Hall–Kier alpha value is -1.88. The molecule has 2 heterocycles. The summed E-state index contributed by atoms with van der Waals surface area (Å²) in [5.74, 6) is -0.177. The molecule has 5 heteroatoms. The number of carbonyl (C=O) groups is 2. The van der Waals surface area contributed by atoms with E-state index in [9.17, 15) is 9.59 Å². The molecule has 3 N–H and O–H groups in total. The van der Waals surface area contributed by atoms with Gasteiger partial charge in [-0.2, -0.15) is 0 Å². The minimum Gasteiger partial charge on any atom is -0.366 e. The fourth-order valence-corrected chi connectivity index (χ4v) is 3.41. The van der Waals surface area contributed by atoms with E-state index in [4.69, 9.17) is 5.73 Å². The molecule has 0 saturated carbocycles. The van der Waals surface area contributed by atoms with Crippen LogP contribution in [0.4, 0.5) is 0 Å². The van der Waals surface area contributed by atoms with Crippen LogP contribution in [-0.4, -0.2) is 36.3 Å². The van der Waals surface area contributed by atoms with E-state index >= 15 is 0 Å². The number of nitrogens with two attached hydrogens (primary N) is 1. The van der Waals surface area contributed by atoms with Crippen LogP contribution in [0.2, 0.25) is 0 Å². The molecule has 2 amide bonds. The Labute approximate surface area is 124 Å². The van der Waals surface area contributed by atoms with E-state index in [0.717, 1.165) is 38.0 Å². The van der Waals surface area contributed by atoms with Gasteiger partial charge in [-0.25, -0.2) is 0 Å². The number of piperidine rings is 1. The van der Waals surface area contributed by atoms with Crippen LogP contribution in [0.15, 0.2) is 24.3 Å². The van der Waals surface area contributed by atoms with Crippen LogP contribution in [0.1, 0.15) is 35.2 Å². The van der Waals surface area contributed by atoms with Crippen LogP contribution in [0, 0.1) is 5.41 Å². The molecule has 0 unspecified atom stereocenters. The topological polar surface area (TPSA) is 75.4 Å². The molecule has 0 bridgehead atoms. The zero-order chi connectivity index (χ0) is 14.9. The molecular weight excluding hydrogens is 266 g/mol. The Bertz CT molecular complexity index is 547. The number of carbonyl (C=O) groups excluding carboxylic acids is 2.